The van der Waals surface area contributed by atoms with Crippen molar-refractivity contribution >= 4 is 12.1 Å². The molecule has 0 radical (unpaired) electrons. The Hall–Kier alpha value is -2.86. The molecule has 3 rings (SSSR count). The van der Waals surface area contributed by atoms with Crippen LogP contribution in [0, 0.1) is 0 Å². The minimum absolute atomic E-state index is 0.0563. The van der Waals surface area contributed by atoms with Gasteiger partial charge in [0.15, 0.2) is 0 Å². The predicted molar refractivity (Wildman–Crippen MR) is 124 cm³/mol. The summed E-state index contributed by atoms with van der Waals surface area (Å²) >= 11 is 0. The molecule has 2 N–H and O–H groups in total. The van der Waals surface area contributed by atoms with Crippen molar-refractivity contribution in [3.8, 4) is 11.1 Å². The number of carbonyl (C=O) groups excluding carboxylic acids is 1. The Kier molecular flexibility index (Phi) is 7.91. The molecule has 2 aromatic rings. The van der Waals surface area contributed by atoms with E-state index in [4.69, 9.17) is 9.47 Å². The molecule has 0 heterocycles. The predicted octanol–water partition coefficient (Wildman–Crippen LogP) is 5.35. The number of carboxylic acids is 1. The highest BCUT2D eigenvalue weighted by Gasteiger charge is 2.29. The molecule has 1 atom stereocenters. The van der Waals surface area contributed by atoms with Crippen molar-refractivity contribution in [2.24, 2.45) is 0 Å². The zero-order chi connectivity index (χ0) is 23.1. The van der Waals surface area contributed by atoms with Crippen LogP contribution in [0.5, 0.6) is 0 Å². The van der Waals surface area contributed by atoms with E-state index in [1.807, 2.05) is 57.2 Å². The molecule has 0 saturated heterocycles. The van der Waals surface area contributed by atoms with E-state index in [1.54, 1.807) is 0 Å². The monoisotopic (exact) mass is 439 g/mol. The number of hydrogen-bond donors (Lipinski definition) is 2. The number of rotatable bonds is 10. The average Bonchev–Trinajstić information content (AvgIpc) is 3.07. The van der Waals surface area contributed by atoms with Gasteiger partial charge < -0.3 is 19.9 Å². The van der Waals surface area contributed by atoms with Gasteiger partial charge in [-0.1, -0.05) is 61.4 Å². The van der Waals surface area contributed by atoms with Crippen LogP contribution in [0.25, 0.3) is 11.1 Å². The Labute approximate surface area is 189 Å². The van der Waals surface area contributed by atoms with E-state index in [1.165, 1.54) is 0 Å². The molecule has 1 aliphatic carbocycles. The molecule has 172 valence electrons. The van der Waals surface area contributed by atoms with Crippen LogP contribution in [0.3, 0.4) is 0 Å². The zero-order valence-corrected chi connectivity index (χ0v) is 19.1. The molecule has 1 aliphatic rings. The van der Waals surface area contributed by atoms with Crippen molar-refractivity contribution in [3.63, 3.8) is 0 Å². The molecule has 0 bridgehead atoms. The average molecular weight is 440 g/mol. The van der Waals surface area contributed by atoms with Gasteiger partial charge in [0.05, 0.1) is 5.60 Å². The fourth-order valence-corrected chi connectivity index (χ4v) is 4.05. The summed E-state index contributed by atoms with van der Waals surface area (Å²) in [6.07, 6.45) is 2.04. The lowest BCUT2D eigenvalue weighted by Gasteiger charge is -2.19. The van der Waals surface area contributed by atoms with Gasteiger partial charge in [-0.15, -0.1) is 0 Å². The SMILES string of the molecule is CC(C)(C)OCCCCC[C@@H](NC(=O)OCC1c2ccccc2-c2ccccc21)C(=O)O. The number of aliphatic carboxylic acids is 1. The van der Waals surface area contributed by atoms with Crippen molar-refractivity contribution in [1.82, 2.24) is 5.32 Å². The fourth-order valence-electron chi connectivity index (χ4n) is 4.05. The van der Waals surface area contributed by atoms with Crippen LogP contribution in [0.1, 0.15) is 63.5 Å². The first-order chi connectivity index (χ1) is 15.3. The molecular formula is C26H33NO5. The third-order valence-electron chi connectivity index (χ3n) is 5.61. The van der Waals surface area contributed by atoms with Crippen molar-refractivity contribution in [3.05, 3.63) is 59.7 Å². The lowest BCUT2D eigenvalue weighted by atomic mass is 9.98. The third kappa shape index (κ3) is 6.33. The minimum Gasteiger partial charge on any atom is -0.480 e. The number of hydrogen-bond acceptors (Lipinski definition) is 4. The lowest BCUT2D eigenvalue weighted by molar-refractivity contribution is -0.139. The van der Waals surface area contributed by atoms with Gasteiger partial charge in [0.25, 0.3) is 0 Å². The maximum absolute atomic E-state index is 12.4. The second-order valence-corrected chi connectivity index (χ2v) is 9.17. The highest BCUT2D eigenvalue weighted by Crippen LogP contribution is 2.44. The van der Waals surface area contributed by atoms with Crippen LogP contribution in [-0.4, -0.2) is 42.0 Å². The third-order valence-corrected chi connectivity index (χ3v) is 5.61. The van der Waals surface area contributed by atoms with Crippen molar-refractivity contribution in [2.75, 3.05) is 13.2 Å². The van der Waals surface area contributed by atoms with E-state index in [0.717, 1.165) is 35.1 Å². The molecule has 0 fully saturated rings. The second kappa shape index (κ2) is 10.6. The fraction of sp³-hybridized carbons (Fsp3) is 0.462. The molecule has 0 unspecified atom stereocenters. The summed E-state index contributed by atoms with van der Waals surface area (Å²) in [5.74, 6) is -1.11. The molecule has 0 saturated carbocycles. The van der Waals surface area contributed by atoms with Crippen LogP contribution in [-0.2, 0) is 14.3 Å². The Morgan fingerprint density at radius 1 is 0.969 bits per heavy atom. The van der Waals surface area contributed by atoms with Gasteiger partial charge in [0.1, 0.15) is 12.6 Å². The zero-order valence-electron chi connectivity index (χ0n) is 19.1. The van der Waals surface area contributed by atoms with E-state index in [0.29, 0.717) is 19.4 Å². The van der Waals surface area contributed by atoms with Crippen molar-refractivity contribution in [1.29, 1.82) is 0 Å². The topological polar surface area (TPSA) is 84.9 Å². The Balaban J connectivity index is 1.48. The van der Waals surface area contributed by atoms with Crippen LogP contribution >= 0.6 is 0 Å². The highest BCUT2D eigenvalue weighted by atomic mass is 16.5. The minimum atomic E-state index is -1.05. The van der Waals surface area contributed by atoms with E-state index in [9.17, 15) is 14.7 Å². The number of alkyl carbamates (subject to hydrolysis) is 1. The number of amides is 1. The standard InChI is InChI=1S/C26H33NO5/c1-26(2,3)32-16-10-4-5-15-23(24(28)29)27-25(30)31-17-22-20-13-8-6-11-18(20)19-12-7-9-14-21(19)22/h6-9,11-14,22-23H,4-5,10,15-17H2,1-3H3,(H,27,30)(H,28,29)/t23-/m1/s1. The number of carbonyl (C=O) groups is 2. The van der Waals surface area contributed by atoms with E-state index in [2.05, 4.69) is 17.4 Å². The van der Waals surface area contributed by atoms with E-state index >= 15 is 0 Å². The van der Waals surface area contributed by atoms with Gasteiger partial charge in [-0.3, -0.25) is 0 Å². The van der Waals surface area contributed by atoms with Crippen LogP contribution < -0.4 is 5.32 Å². The number of fused-ring (bicyclic) bond motifs is 3. The van der Waals surface area contributed by atoms with Gasteiger partial charge in [-0.25, -0.2) is 9.59 Å². The summed E-state index contributed by atoms with van der Waals surface area (Å²) in [5, 5.41) is 12.0. The number of unbranched alkanes of at least 4 members (excludes halogenated alkanes) is 2. The normalized spacial score (nSPS) is 13.8. The number of nitrogens with one attached hydrogen (secondary N) is 1. The van der Waals surface area contributed by atoms with Crippen molar-refractivity contribution < 1.29 is 24.2 Å². The Morgan fingerprint density at radius 3 is 2.12 bits per heavy atom. The van der Waals surface area contributed by atoms with Gasteiger partial charge in [0.2, 0.25) is 0 Å². The molecule has 0 aliphatic heterocycles. The summed E-state index contributed by atoms with van der Waals surface area (Å²) in [6.45, 7) is 6.82. The Bertz CT molecular complexity index is 888. The molecule has 0 aromatic heterocycles. The number of ether oxygens (including phenoxy) is 2. The number of benzene rings is 2. The highest BCUT2D eigenvalue weighted by molar-refractivity contribution is 5.81. The number of carboxylic acid groups (broad SMARTS) is 1. The maximum atomic E-state index is 12.4. The summed E-state index contributed by atoms with van der Waals surface area (Å²) in [6, 6.07) is 15.2. The van der Waals surface area contributed by atoms with Gasteiger partial charge in [0, 0.05) is 12.5 Å². The molecule has 1 amide bonds. The van der Waals surface area contributed by atoms with Gasteiger partial charge in [-0.2, -0.15) is 0 Å². The lowest BCUT2D eigenvalue weighted by Crippen LogP contribution is -2.41. The molecule has 6 heteroatoms. The largest absolute Gasteiger partial charge is 0.480 e. The molecule has 0 spiro atoms. The second-order valence-electron chi connectivity index (χ2n) is 9.17. The van der Waals surface area contributed by atoms with Crippen LogP contribution in [0.4, 0.5) is 4.79 Å². The summed E-state index contributed by atoms with van der Waals surface area (Å²) in [4.78, 5) is 23.9. The summed E-state index contributed by atoms with van der Waals surface area (Å²) < 4.78 is 11.1. The first kappa shape index (κ1) is 23.8. The quantitative estimate of drug-likeness (QED) is 0.487. The van der Waals surface area contributed by atoms with E-state index in [-0.39, 0.29) is 18.1 Å². The molecule has 6 nitrogen and oxygen atoms in total. The van der Waals surface area contributed by atoms with Gasteiger partial charge >= 0.3 is 12.1 Å². The van der Waals surface area contributed by atoms with E-state index < -0.39 is 18.1 Å². The molecule has 32 heavy (non-hydrogen) atoms. The van der Waals surface area contributed by atoms with Crippen LogP contribution in [0.2, 0.25) is 0 Å². The summed E-state index contributed by atoms with van der Waals surface area (Å²) in [5.41, 5.74) is 4.37. The summed E-state index contributed by atoms with van der Waals surface area (Å²) in [7, 11) is 0. The molecule has 2 aromatic carbocycles. The van der Waals surface area contributed by atoms with Crippen LogP contribution in [0.15, 0.2) is 48.5 Å². The van der Waals surface area contributed by atoms with Gasteiger partial charge in [-0.05, 0) is 55.9 Å². The molecular weight excluding hydrogens is 406 g/mol. The maximum Gasteiger partial charge on any atom is 0.407 e. The van der Waals surface area contributed by atoms with Crippen molar-refractivity contribution in [2.45, 2.75) is 64.0 Å². The first-order valence-electron chi connectivity index (χ1n) is 11.2. The first-order valence-corrected chi connectivity index (χ1v) is 11.2. The smallest absolute Gasteiger partial charge is 0.407 e. The Morgan fingerprint density at radius 2 is 1.56 bits per heavy atom.